The Labute approximate surface area is 130 Å². The number of hydrogen-bond donors (Lipinski definition) is 1. The van der Waals surface area contributed by atoms with E-state index < -0.39 is 4.92 Å². The Morgan fingerprint density at radius 2 is 2.29 bits per heavy atom. The molecule has 0 saturated carbocycles. The van der Waals surface area contributed by atoms with Crippen LogP contribution < -0.4 is 10.1 Å². The molecule has 0 amide bonds. The maximum atomic E-state index is 10.9. The van der Waals surface area contributed by atoms with Gasteiger partial charge in [0.2, 0.25) is 10.9 Å². The highest BCUT2D eigenvalue weighted by Gasteiger charge is 2.18. The first-order valence-electron chi connectivity index (χ1n) is 6.23. The van der Waals surface area contributed by atoms with Gasteiger partial charge in [0.25, 0.3) is 0 Å². The van der Waals surface area contributed by atoms with Crippen molar-refractivity contribution in [2.75, 3.05) is 11.9 Å². The highest BCUT2D eigenvalue weighted by molar-refractivity contribution is 7.15. The Kier molecular flexibility index (Phi) is 5.29. The van der Waals surface area contributed by atoms with Crippen LogP contribution in [0, 0.1) is 10.1 Å². The van der Waals surface area contributed by atoms with Crippen molar-refractivity contribution in [2.24, 2.45) is 0 Å². The summed E-state index contributed by atoms with van der Waals surface area (Å²) in [6, 6.07) is 4.39. The molecule has 0 saturated heterocycles. The molecule has 21 heavy (non-hydrogen) atoms. The summed E-state index contributed by atoms with van der Waals surface area (Å²) < 4.78 is 5.44. The molecule has 1 heterocycles. The second-order valence-electron chi connectivity index (χ2n) is 4.06. The summed E-state index contributed by atoms with van der Waals surface area (Å²) in [7, 11) is 0. The first kappa shape index (κ1) is 15.5. The van der Waals surface area contributed by atoms with Gasteiger partial charge in [0.15, 0.2) is 5.01 Å². The normalized spacial score (nSPS) is 10.4. The van der Waals surface area contributed by atoms with Crippen LogP contribution in [0.2, 0.25) is 5.02 Å². The number of aromatic nitrogens is 2. The quantitative estimate of drug-likeness (QED) is 0.618. The molecular weight excluding hydrogens is 316 g/mol. The maximum Gasteiger partial charge on any atom is 0.312 e. The molecule has 112 valence electrons. The molecule has 1 aromatic carbocycles. The molecule has 0 spiro atoms. The molecule has 1 N–H and O–H groups in total. The van der Waals surface area contributed by atoms with Crippen LogP contribution in [0.1, 0.15) is 18.4 Å². The van der Waals surface area contributed by atoms with E-state index in [1.165, 1.54) is 29.5 Å². The average Bonchev–Trinajstić information content (AvgIpc) is 2.91. The Balaban J connectivity index is 2.06. The first-order valence-corrected chi connectivity index (χ1v) is 7.43. The minimum absolute atomic E-state index is 0.0439. The van der Waals surface area contributed by atoms with Crippen LogP contribution >= 0.6 is 22.9 Å². The second kappa shape index (κ2) is 7.19. The lowest BCUT2D eigenvalue weighted by Gasteiger charge is -2.06. The zero-order chi connectivity index (χ0) is 15.2. The van der Waals surface area contributed by atoms with Gasteiger partial charge in [0, 0.05) is 12.6 Å². The first-order chi connectivity index (χ1) is 10.1. The number of rotatable bonds is 7. The number of ether oxygens (including phenoxy) is 1. The predicted molar refractivity (Wildman–Crippen MR) is 81.1 cm³/mol. The van der Waals surface area contributed by atoms with Gasteiger partial charge in [-0.1, -0.05) is 35.9 Å². The molecule has 2 rings (SSSR count). The van der Waals surface area contributed by atoms with Crippen molar-refractivity contribution >= 4 is 33.8 Å². The number of nitrogens with one attached hydrogen (secondary N) is 1. The van der Waals surface area contributed by atoms with Gasteiger partial charge in [-0.15, -0.1) is 10.2 Å². The number of anilines is 1. The summed E-state index contributed by atoms with van der Waals surface area (Å²) in [5, 5.41) is 23.5. The van der Waals surface area contributed by atoms with Crippen LogP contribution in [0.15, 0.2) is 18.2 Å². The predicted octanol–water partition coefficient (Wildman–Crippen LogP) is 3.50. The summed E-state index contributed by atoms with van der Waals surface area (Å²) in [6.07, 6.45) is 0.983. The van der Waals surface area contributed by atoms with E-state index in [-0.39, 0.29) is 23.1 Å². The topological polar surface area (TPSA) is 90.2 Å². The van der Waals surface area contributed by atoms with E-state index in [4.69, 9.17) is 16.3 Å². The minimum atomic E-state index is -0.532. The fourth-order valence-electron chi connectivity index (χ4n) is 1.53. The van der Waals surface area contributed by atoms with E-state index in [1.54, 1.807) is 0 Å². The number of hydrogen-bond acceptors (Lipinski definition) is 7. The zero-order valence-corrected chi connectivity index (χ0v) is 12.8. The lowest BCUT2D eigenvalue weighted by Crippen LogP contribution is -1.99. The molecule has 0 aliphatic heterocycles. The van der Waals surface area contributed by atoms with Gasteiger partial charge in [-0.05, 0) is 12.5 Å². The Hall–Kier alpha value is -1.93. The third kappa shape index (κ3) is 4.02. The molecule has 0 bridgehead atoms. The number of para-hydroxylation sites is 1. The van der Waals surface area contributed by atoms with Crippen molar-refractivity contribution in [3.63, 3.8) is 0 Å². The monoisotopic (exact) mass is 328 g/mol. The summed E-state index contributed by atoms with van der Waals surface area (Å²) in [6.45, 7) is 2.94. The van der Waals surface area contributed by atoms with Gasteiger partial charge in [0.05, 0.1) is 9.95 Å². The molecule has 7 nitrogen and oxygen atoms in total. The average molecular weight is 329 g/mol. The number of nitrogens with zero attached hydrogens (tertiary/aromatic N) is 3. The largest absolute Gasteiger partial charge is 0.478 e. The van der Waals surface area contributed by atoms with E-state index in [1.807, 2.05) is 0 Å². The lowest BCUT2D eigenvalue weighted by atomic mass is 10.3. The summed E-state index contributed by atoms with van der Waals surface area (Å²) in [5.74, 6) is 0.0439. The van der Waals surface area contributed by atoms with Crippen LogP contribution in [-0.2, 0) is 6.61 Å². The SMILES string of the molecule is CCCNc1nnc(COc2c(Cl)cccc2[N+](=O)[O-])s1. The fourth-order valence-corrected chi connectivity index (χ4v) is 2.44. The van der Waals surface area contributed by atoms with E-state index in [9.17, 15) is 10.1 Å². The van der Waals surface area contributed by atoms with Gasteiger partial charge in [0.1, 0.15) is 6.61 Å². The molecule has 0 fully saturated rings. The molecule has 0 radical (unpaired) electrons. The van der Waals surface area contributed by atoms with Crippen molar-refractivity contribution in [1.82, 2.24) is 10.2 Å². The number of benzene rings is 1. The van der Waals surface area contributed by atoms with Crippen LogP contribution in [0.5, 0.6) is 5.75 Å². The second-order valence-corrected chi connectivity index (χ2v) is 5.53. The molecule has 0 aliphatic rings. The third-order valence-corrected chi connectivity index (χ3v) is 3.63. The van der Waals surface area contributed by atoms with Crippen molar-refractivity contribution in [3.05, 3.63) is 38.3 Å². The molecule has 9 heteroatoms. The smallest absolute Gasteiger partial charge is 0.312 e. The number of nitro groups is 1. The van der Waals surface area contributed by atoms with Crippen LogP contribution in [0.4, 0.5) is 10.8 Å². The Bertz CT molecular complexity index is 635. The highest BCUT2D eigenvalue weighted by Crippen LogP contribution is 2.35. The van der Waals surface area contributed by atoms with Gasteiger partial charge < -0.3 is 10.1 Å². The van der Waals surface area contributed by atoms with Gasteiger partial charge in [-0.2, -0.15) is 0 Å². The van der Waals surface area contributed by atoms with E-state index in [0.717, 1.165) is 13.0 Å². The van der Waals surface area contributed by atoms with Crippen molar-refractivity contribution in [1.29, 1.82) is 0 Å². The zero-order valence-electron chi connectivity index (χ0n) is 11.2. The van der Waals surface area contributed by atoms with Gasteiger partial charge >= 0.3 is 5.69 Å². The van der Waals surface area contributed by atoms with Crippen LogP contribution in [-0.4, -0.2) is 21.7 Å². The van der Waals surface area contributed by atoms with Crippen LogP contribution in [0.3, 0.4) is 0 Å². The van der Waals surface area contributed by atoms with E-state index in [2.05, 4.69) is 22.4 Å². The van der Waals surface area contributed by atoms with Crippen molar-refractivity contribution in [2.45, 2.75) is 20.0 Å². The van der Waals surface area contributed by atoms with E-state index in [0.29, 0.717) is 10.1 Å². The Morgan fingerprint density at radius 3 is 3.00 bits per heavy atom. The standard InChI is InChI=1S/C12H13ClN4O3S/c1-2-6-14-12-16-15-10(21-12)7-20-11-8(13)4-3-5-9(11)17(18)19/h3-5H,2,6-7H2,1H3,(H,14,16). The molecule has 0 unspecified atom stereocenters. The molecule has 0 aliphatic carbocycles. The Morgan fingerprint density at radius 1 is 1.48 bits per heavy atom. The van der Waals surface area contributed by atoms with Crippen LogP contribution in [0.25, 0.3) is 0 Å². The molecule has 2 aromatic rings. The molecule has 0 atom stereocenters. The van der Waals surface area contributed by atoms with Gasteiger partial charge in [-0.25, -0.2) is 0 Å². The maximum absolute atomic E-state index is 10.9. The molecular formula is C12H13ClN4O3S. The van der Waals surface area contributed by atoms with Crippen molar-refractivity contribution in [3.8, 4) is 5.75 Å². The number of halogens is 1. The lowest BCUT2D eigenvalue weighted by molar-refractivity contribution is -0.385. The third-order valence-electron chi connectivity index (χ3n) is 2.48. The summed E-state index contributed by atoms with van der Waals surface area (Å²) in [5.41, 5.74) is -0.170. The molecule has 1 aromatic heterocycles. The highest BCUT2D eigenvalue weighted by atomic mass is 35.5. The van der Waals surface area contributed by atoms with Gasteiger partial charge in [-0.3, -0.25) is 10.1 Å². The summed E-state index contributed by atoms with van der Waals surface area (Å²) in [4.78, 5) is 10.4. The minimum Gasteiger partial charge on any atom is -0.478 e. The fraction of sp³-hybridized carbons (Fsp3) is 0.333. The van der Waals surface area contributed by atoms with E-state index >= 15 is 0 Å². The summed E-state index contributed by atoms with van der Waals surface area (Å²) >= 11 is 7.28. The number of nitro benzene ring substituents is 1. The van der Waals surface area contributed by atoms with Crippen molar-refractivity contribution < 1.29 is 9.66 Å².